The molecule has 0 aliphatic rings. The predicted molar refractivity (Wildman–Crippen MR) is 322 cm³/mol. The van der Waals surface area contributed by atoms with Gasteiger partial charge in [0.2, 0.25) is 0 Å². The highest BCUT2D eigenvalue weighted by molar-refractivity contribution is 6.14. The summed E-state index contributed by atoms with van der Waals surface area (Å²) in [5.74, 6) is 0. The molecule has 0 atom stereocenters. The van der Waals surface area contributed by atoms with Crippen LogP contribution < -0.4 is 0 Å². The van der Waals surface area contributed by atoms with Crippen LogP contribution in [0, 0.1) is 52.5 Å². The first-order chi connectivity index (χ1) is 37.6. The molecule has 11 aromatic carbocycles. The zero-order chi connectivity index (χ0) is 52.5. The summed E-state index contributed by atoms with van der Waals surface area (Å²) in [5, 5.41) is 14.5. The molecule has 0 aliphatic heterocycles. The molecular formula is C73H52N4. The molecule has 0 unspecified atom stereocenters. The molecule has 0 aliphatic carbocycles. The first kappa shape index (κ1) is 46.8. The van der Waals surface area contributed by atoms with Crippen molar-refractivity contribution in [2.24, 2.45) is 0 Å². The Morgan fingerprint density at radius 3 is 1.17 bits per heavy atom. The molecule has 0 N–H and O–H groups in total. The van der Waals surface area contributed by atoms with Crippen molar-refractivity contribution in [3.8, 4) is 84.2 Å². The van der Waals surface area contributed by atoms with Gasteiger partial charge in [0.15, 0.2) is 5.69 Å². The molecule has 4 heteroatoms. The van der Waals surface area contributed by atoms with Gasteiger partial charge in [-0.05, 0) is 192 Å². The van der Waals surface area contributed by atoms with Crippen LogP contribution in [0.1, 0.15) is 33.4 Å². The van der Waals surface area contributed by atoms with Crippen molar-refractivity contribution in [2.45, 2.75) is 34.6 Å². The number of hydrogen-bond donors (Lipinski definition) is 0. The second kappa shape index (κ2) is 18.7. The molecule has 13 rings (SSSR count). The van der Waals surface area contributed by atoms with E-state index in [0.717, 1.165) is 105 Å². The Balaban J connectivity index is 1.08. The molecule has 77 heavy (non-hydrogen) atoms. The molecule has 0 saturated heterocycles. The van der Waals surface area contributed by atoms with E-state index >= 15 is 0 Å². The molecule has 13 aromatic rings. The first-order valence-corrected chi connectivity index (χ1v) is 26.2. The molecule has 0 saturated carbocycles. The Kier molecular flexibility index (Phi) is 11.4. The third-order valence-electron chi connectivity index (χ3n) is 15.5. The van der Waals surface area contributed by atoms with Gasteiger partial charge in [0.05, 0.1) is 46.0 Å². The van der Waals surface area contributed by atoms with Gasteiger partial charge in [-0.1, -0.05) is 162 Å². The molecule has 0 bridgehead atoms. The van der Waals surface area contributed by atoms with Crippen LogP contribution in [0.5, 0.6) is 0 Å². The third-order valence-corrected chi connectivity index (χ3v) is 15.5. The van der Waals surface area contributed by atoms with E-state index in [4.69, 9.17) is 6.57 Å². The molecule has 2 aromatic heterocycles. The van der Waals surface area contributed by atoms with Crippen molar-refractivity contribution in [2.75, 3.05) is 0 Å². The van der Waals surface area contributed by atoms with E-state index in [1.165, 1.54) is 44.5 Å². The van der Waals surface area contributed by atoms with Crippen LogP contribution in [0.2, 0.25) is 0 Å². The fraction of sp³-hybridized carbons (Fsp3) is 0.0685. The largest absolute Gasteiger partial charge is 0.309 e. The van der Waals surface area contributed by atoms with Gasteiger partial charge in [0.25, 0.3) is 0 Å². The van der Waals surface area contributed by atoms with Crippen LogP contribution in [-0.4, -0.2) is 9.13 Å². The van der Waals surface area contributed by atoms with Crippen LogP contribution in [0.4, 0.5) is 5.69 Å². The lowest BCUT2D eigenvalue weighted by atomic mass is 9.93. The maximum atomic E-state index is 9.88. The van der Waals surface area contributed by atoms with Gasteiger partial charge < -0.3 is 9.13 Å². The van der Waals surface area contributed by atoms with E-state index in [1.807, 2.05) is 24.3 Å². The van der Waals surface area contributed by atoms with Gasteiger partial charge in [-0.3, -0.25) is 0 Å². The smallest absolute Gasteiger partial charge is 0.195 e. The number of nitrogens with zero attached hydrogens (tertiary/aromatic N) is 4. The summed E-state index contributed by atoms with van der Waals surface area (Å²) in [4.78, 5) is 4.29. The average Bonchev–Trinajstić information content (AvgIpc) is 4.18. The van der Waals surface area contributed by atoms with Crippen LogP contribution >= 0.6 is 0 Å². The fourth-order valence-electron chi connectivity index (χ4n) is 11.7. The number of fused-ring (bicyclic) bond motifs is 6. The van der Waals surface area contributed by atoms with Gasteiger partial charge in [-0.25, -0.2) is 4.85 Å². The van der Waals surface area contributed by atoms with Gasteiger partial charge in [0.1, 0.15) is 0 Å². The Morgan fingerprint density at radius 2 is 0.766 bits per heavy atom. The number of aryl methyl sites for hydroxylation is 5. The summed E-state index contributed by atoms with van der Waals surface area (Å²) < 4.78 is 4.77. The molecule has 4 nitrogen and oxygen atoms in total. The summed E-state index contributed by atoms with van der Waals surface area (Å²) in [7, 11) is 0. The summed E-state index contributed by atoms with van der Waals surface area (Å²) in [5.41, 5.74) is 26.4. The Labute approximate surface area is 449 Å². The van der Waals surface area contributed by atoms with E-state index in [2.05, 4.69) is 255 Å². The molecular weight excluding hydrogens is 933 g/mol. The highest BCUT2D eigenvalue weighted by Crippen LogP contribution is 2.45. The van der Waals surface area contributed by atoms with Crippen LogP contribution in [-0.2, 0) is 0 Å². The maximum absolute atomic E-state index is 9.88. The van der Waals surface area contributed by atoms with Crippen molar-refractivity contribution in [3.63, 3.8) is 0 Å². The minimum absolute atomic E-state index is 0.553. The number of rotatable bonds is 8. The van der Waals surface area contributed by atoms with E-state index in [-0.39, 0.29) is 0 Å². The van der Waals surface area contributed by atoms with Crippen molar-refractivity contribution < 1.29 is 0 Å². The predicted octanol–water partition coefficient (Wildman–Crippen LogP) is 19.8. The molecule has 0 amide bonds. The third kappa shape index (κ3) is 8.25. The van der Waals surface area contributed by atoms with Gasteiger partial charge in [-0.2, -0.15) is 5.26 Å². The molecule has 2 heterocycles. The van der Waals surface area contributed by atoms with Gasteiger partial charge >= 0.3 is 0 Å². The Bertz CT molecular complexity index is 4450. The lowest BCUT2D eigenvalue weighted by molar-refractivity contribution is 1.17. The molecule has 0 fully saturated rings. The van der Waals surface area contributed by atoms with Crippen LogP contribution in [0.3, 0.4) is 0 Å². The number of benzene rings is 11. The molecule has 364 valence electrons. The lowest BCUT2D eigenvalue weighted by Gasteiger charge is -2.19. The highest BCUT2D eigenvalue weighted by Gasteiger charge is 2.23. The first-order valence-electron chi connectivity index (χ1n) is 26.2. The average molecular weight is 985 g/mol. The van der Waals surface area contributed by atoms with Crippen LogP contribution in [0.15, 0.2) is 224 Å². The van der Waals surface area contributed by atoms with E-state index < -0.39 is 0 Å². The van der Waals surface area contributed by atoms with Gasteiger partial charge in [0, 0.05) is 27.2 Å². The summed E-state index contributed by atoms with van der Waals surface area (Å²) >= 11 is 0. The van der Waals surface area contributed by atoms with Crippen molar-refractivity contribution >= 4 is 49.3 Å². The van der Waals surface area contributed by atoms with Crippen molar-refractivity contribution in [1.29, 1.82) is 5.26 Å². The monoisotopic (exact) mass is 984 g/mol. The quantitative estimate of drug-likeness (QED) is 0.140. The number of aromatic nitrogens is 2. The van der Waals surface area contributed by atoms with E-state index in [1.54, 1.807) is 0 Å². The normalized spacial score (nSPS) is 11.4. The summed E-state index contributed by atoms with van der Waals surface area (Å²) in [6.45, 7) is 19.4. The standard InChI is InChI=1S/C73H52N4/c1-45-11-7-15-51(33-45)55-20-28-69-64(38-55)65-39-56(52-16-8-12-46(2)34-52)21-29-70(65)76(69)60-25-27-68(75-6)62(43-60)63-42-59(61-26-19-50(44-74)37-49(61)5)24-32-71(63)77-72-30-22-57(53-17-9-13-47(3)35-53)40-66(72)67-41-58(23-31-73(67)77)54-18-10-14-48(4)36-54/h7-43H,1-5H3. The van der Waals surface area contributed by atoms with Gasteiger partial charge in [-0.15, -0.1) is 0 Å². The number of hydrogen-bond acceptors (Lipinski definition) is 1. The minimum atomic E-state index is 0.553. The molecule has 0 spiro atoms. The second-order valence-corrected chi connectivity index (χ2v) is 20.8. The second-order valence-electron chi connectivity index (χ2n) is 20.8. The zero-order valence-corrected chi connectivity index (χ0v) is 43.7. The Morgan fingerprint density at radius 1 is 0.351 bits per heavy atom. The van der Waals surface area contributed by atoms with Crippen molar-refractivity contribution in [3.05, 3.63) is 269 Å². The number of nitriles is 1. The minimum Gasteiger partial charge on any atom is -0.309 e. The maximum Gasteiger partial charge on any atom is 0.195 e. The molecule has 0 radical (unpaired) electrons. The van der Waals surface area contributed by atoms with Crippen LogP contribution in [0.25, 0.3) is 127 Å². The van der Waals surface area contributed by atoms with E-state index in [9.17, 15) is 5.26 Å². The summed E-state index contributed by atoms with van der Waals surface area (Å²) in [6, 6.07) is 83.5. The van der Waals surface area contributed by atoms with Crippen molar-refractivity contribution in [1.82, 2.24) is 9.13 Å². The SMILES string of the molecule is [C-]#[N+]c1ccc(-n2c3ccc(-c4cccc(C)c4)cc3c3cc(-c4cccc(C)c4)ccc32)cc1-c1cc(-c2ccc(C#N)cc2C)ccc1-n1c2ccc(-c3cccc(C)c3)cc2c2cc(-c3cccc(C)c3)ccc21. The Hall–Kier alpha value is -10.0. The fourth-order valence-corrected chi connectivity index (χ4v) is 11.7. The zero-order valence-electron chi connectivity index (χ0n) is 43.7. The highest BCUT2D eigenvalue weighted by atomic mass is 15.0. The summed E-state index contributed by atoms with van der Waals surface area (Å²) in [6.07, 6.45) is 0. The topological polar surface area (TPSA) is 38.0 Å². The van der Waals surface area contributed by atoms with E-state index in [0.29, 0.717) is 11.3 Å². The lowest BCUT2D eigenvalue weighted by Crippen LogP contribution is -2.00.